The van der Waals surface area contributed by atoms with E-state index in [2.05, 4.69) is 47.3 Å². The van der Waals surface area contributed by atoms with Gasteiger partial charge in [0, 0.05) is 13.0 Å². The maximum atomic E-state index is 12.3. The number of rotatable bonds is 13. The van der Waals surface area contributed by atoms with Crippen LogP contribution in [0.4, 0.5) is 0 Å². The van der Waals surface area contributed by atoms with Crippen molar-refractivity contribution in [3.63, 3.8) is 0 Å². The predicted molar refractivity (Wildman–Crippen MR) is 122 cm³/mol. The largest absolute Gasteiger partial charge is 0.491 e. The fraction of sp³-hybridized carbons (Fsp3) is 0.556. The highest BCUT2D eigenvalue weighted by Crippen LogP contribution is 2.35. The summed E-state index contributed by atoms with van der Waals surface area (Å²) in [5, 5.41) is 5.72. The summed E-state index contributed by atoms with van der Waals surface area (Å²) in [5.41, 5.74) is 16.9. The number of benzene rings is 1. The lowest BCUT2D eigenvalue weighted by molar-refractivity contribution is -0.122. The number of carbonyl (C=O) groups excluding carboxylic acids is 1. The molecule has 0 spiro atoms. The van der Waals surface area contributed by atoms with E-state index in [1.54, 1.807) is 0 Å². The summed E-state index contributed by atoms with van der Waals surface area (Å²) in [7, 11) is 0. The van der Waals surface area contributed by atoms with Crippen LogP contribution in [0.5, 0.6) is 5.75 Å². The van der Waals surface area contributed by atoms with E-state index in [4.69, 9.17) is 21.9 Å². The number of halogens is 2. The Balaban J connectivity index is 2.60. The van der Waals surface area contributed by atoms with Crippen molar-refractivity contribution in [2.45, 2.75) is 44.7 Å². The molecule has 0 aromatic heterocycles. The SMILES string of the molecule is CC(CCCNC(=O)C(Cc1cc(Br)c(OCCCN)c(Br)c1)N=O)N=C(N)N. The number of nitrogens with zero attached hydrogens (tertiary/aromatic N) is 2. The zero-order valence-corrected chi connectivity index (χ0v) is 19.5. The van der Waals surface area contributed by atoms with Gasteiger partial charge >= 0.3 is 0 Å². The molecule has 11 heteroatoms. The molecule has 0 aliphatic heterocycles. The third-order valence-electron chi connectivity index (χ3n) is 3.98. The second-order valence-electron chi connectivity index (χ2n) is 6.54. The molecule has 162 valence electrons. The molecule has 1 rings (SSSR count). The van der Waals surface area contributed by atoms with Gasteiger partial charge in [0.25, 0.3) is 0 Å². The Morgan fingerprint density at radius 1 is 1.24 bits per heavy atom. The van der Waals surface area contributed by atoms with Crippen LogP contribution < -0.4 is 27.3 Å². The molecule has 7 N–H and O–H groups in total. The van der Waals surface area contributed by atoms with E-state index in [0.717, 1.165) is 20.9 Å². The van der Waals surface area contributed by atoms with Gasteiger partial charge in [0.05, 0.1) is 21.6 Å². The minimum atomic E-state index is -1.02. The molecule has 0 saturated carbocycles. The molecule has 0 radical (unpaired) electrons. The first-order valence-corrected chi connectivity index (χ1v) is 10.9. The van der Waals surface area contributed by atoms with Crippen molar-refractivity contribution in [1.82, 2.24) is 5.32 Å². The number of nitrogens with one attached hydrogen (secondary N) is 1. The molecule has 1 aromatic carbocycles. The van der Waals surface area contributed by atoms with Crippen LogP contribution in [0.25, 0.3) is 0 Å². The first-order chi connectivity index (χ1) is 13.8. The molecule has 0 bridgehead atoms. The molecule has 29 heavy (non-hydrogen) atoms. The molecule has 9 nitrogen and oxygen atoms in total. The minimum absolute atomic E-state index is 0.0304. The second kappa shape index (κ2) is 13.5. The number of guanidine groups is 1. The van der Waals surface area contributed by atoms with Crippen LogP contribution in [0.2, 0.25) is 0 Å². The van der Waals surface area contributed by atoms with Gasteiger partial charge < -0.3 is 27.3 Å². The zero-order valence-electron chi connectivity index (χ0n) is 16.4. The van der Waals surface area contributed by atoms with E-state index in [1.165, 1.54) is 0 Å². The topological polar surface area (TPSA) is 158 Å². The normalized spacial score (nSPS) is 12.7. The Hall–Kier alpha value is -1.72. The highest BCUT2D eigenvalue weighted by molar-refractivity contribution is 9.11. The number of carbonyl (C=O) groups is 1. The highest BCUT2D eigenvalue weighted by Gasteiger charge is 2.21. The van der Waals surface area contributed by atoms with Crippen molar-refractivity contribution in [3.05, 3.63) is 31.5 Å². The van der Waals surface area contributed by atoms with Gasteiger partial charge in [-0.05, 0) is 82.3 Å². The molecular formula is C18H28Br2N6O3. The summed E-state index contributed by atoms with van der Waals surface area (Å²) < 4.78 is 7.13. The van der Waals surface area contributed by atoms with Crippen LogP contribution in [0.3, 0.4) is 0 Å². The van der Waals surface area contributed by atoms with E-state index in [9.17, 15) is 9.70 Å². The standard InChI is InChI=1S/C18H28Br2N6O3/c1-11(25-18(22)23)4-2-6-24-17(27)15(26-28)10-12-8-13(19)16(14(20)9-12)29-7-3-5-21/h8-9,11,15H,2-7,10,21H2,1H3,(H,24,27)(H4,22,23,25). The molecule has 0 aliphatic carbocycles. The summed E-state index contributed by atoms with van der Waals surface area (Å²) in [4.78, 5) is 27.5. The Morgan fingerprint density at radius 2 is 1.90 bits per heavy atom. The lowest BCUT2D eigenvalue weighted by atomic mass is 10.1. The van der Waals surface area contributed by atoms with Crippen molar-refractivity contribution in [2.24, 2.45) is 27.4 Å². The molecule has 1 amide bonds. The number of aliphatic imine (C=N–C) groups is 1. The van der Waals surface area contributed by atoms with Crippen LogP contribution in [-0.4, -0.2) is 43.6 Å². The van der Waals surface area contributed by atoms with Crippen molar-refractivity contribution < 1.29 is 9.53 Å². The van der Waals surface area contributed by atoms with Crippen molar-refractivity contribution >= 4 is 43.7 Å². The molecule has 2 unspecified atom stereocenters. The van der Waals surface area contributed by atoms with E-state index >= 15 is 0 Å². The van der Waals surface area contributed by atoms with Crippen LogP contribution in [0.1, 0.15) is 31.7 Å². The van der Waals surface area contributed by atoms with Gasteiger partial charge in [-0.2, -0.15) is 0 Å². The first kappa shape index (κ1) is 25.3. The van der Waals surface area contributed by atoms with Crippen LogP contribution in [0.15, 0.2) is 31.2 Å². The maximum absolute atomic E-state index is 12.3. The van der Waals surface area contributed by atoms with Crippen LogP contribution in [0, 0.1) is 4.91 Å². The second-order valence-corrected chi connectivity index (χ2v) is 8.25. The fourth-order valence-electron chi connectivity index (χ4n) is 2.57. The van der Waals surface area contributed by atoms with Gasteiger partial charge in [-0.1, -0.05) is 5.18 Å². The number of nitroso groups, excluding NO2 is 1. The fourth-order valence-corrected chi connectivity index (χ4v) is 4.08. The summed E-state index contributed by atoms with van der Waals surface area (Å²) in [6, 6.07) is 2.57. The maximum Gasteiger partial charge on any atom is 0.248 e. The third-order valence-corrected chi connectivity index (χ3v) is 5.16. The summed E-state index contributed by atoms with van der Waals surface area (Å²) in [5.74, 6) is 0.280. The molecule has 0 saturated heterocycles. The minimum Gasteiger partial charge on any atom is -0.491 e. The molecule has 1 aromatic rings. The van der Waals surface area contributed by atoms with Crippen molar-refractivity contribution in [3.8, 4) is 5.75 Å². The van der Waals surface area contributed by atoms with Gasteiger partial charge in [-0.15, -0.1) is 4.91 Å². The van der Waals surface area contributed by atoms with Crippen LogP contribution in [-0.2, 0) is 11.2 Å². The molecule has 0 fully saturated rings. The first-order valence-electron chi connectivity index (χ1n) is 9.28. The van der Waals surface area contributed by atoms with Crippen molar-refractivity contribution in [2.75, 3.05) is 19.7 Å². The molecule has 0 aliphatic rings. The number of ether oxygens (including phenoxy) is 1. The van der Waals surface area contributed by atoms with E-state index in [1.807, 2.05) is 19.1 Å². The number of hydrogen-bond acceptors (Lipinski definition) is 6. The third kappa shape index (κ3) is 9.55. The van der Waals surface area contributed by atoms with Crippen molar-refractivity contribution in [1.29, 1.82) is 0 Å². The van der Waals surface area contributed by atoms with Gasteiger partial charge in [-0.25, -0.2) is 0 Å². The lowest BCUT2D eigenvalue weighted by Gasteiger charge is -2.14. The van der Waals surface area contributed by atoms with E-state index < -0.39 is 11.9 Å². The van der Waals surface area contributed by atoms with E-state index in [-0.39, 0.29) is 18.4 Å². The number of nitrogens with two attached hydrogens (primary N) is 3. The van der Waals surface area contributed by atoms with Gasteiger partial charge in [0.1, 0.15) is 5.75 Å². The average molecular weight is 536 g/mol. The molecule has 0 heterocycles. The van der Waals surface area contributed by atoms with Gasteiger partial charge in [0.15, 0.2) is 12.0 Å². The quantitative estimate of drug-likeness (QED) is 0.131. The highest BCUT2D eigenvalue weighted by atomic mass is 79.9. The van der Waals surface area contributed by atoms with Gasteiger partial charge in [-0.3, -0.25) is 9.79 Å². The van der Waals surface area contributed by atoms with E-state index in [0.29, 0.717) is 38.3 Å². The zero-order chi connectivity index (χ0) is 21.8. The Labute approximate surface area is 187 Å². The van der Waals surface area contributed by atoms with Crippen LogP contribution >= 0.6 is 31.9 Å². The average Bonchev–Trinajstić information content (AvgIpc) is 2.64. The Bertz CT molecular complexity index is 690. The molecule has 2 atom stereocenters. The number of hydrogen-bond donors (Lipinski definition) is 4. The summed E-state index contributed by atoms with van der Waals surface area (Å²) in [6.07, 6.45) is 2.31. The summed E-state index contributed by atoms with van der Waals surface area (Å²) >= 11 is 6.91. The monoisotopic (exact) mass is 534 g/mol. The van der Waals surface area contributed by atoms with Gasteiger partial charge in [0.2, 0.25) is 5.91 Å². The molecular weight excluding hydrogens is 508 g/mol. The lowest BCUT2D eigenvalue weighted by Crippen LogP contribution is -2.35. The summed E-state index contributed by atoms with van der Waals surface area (Å²) in [6.45, 7) is 3.34. The predicted octanol–water partition coefficient (Wildman–Crippen LogP) is 2.17. The Morgan fingerprint density at radius 3 is 2.45 bits per heavy atom. The number of amides is 1. The smallest absolute Gasteiger partial charge is 0.248 e. The Kier molecular flexibility index (Phi) is 11.8.